The van der Waals surface area contributed by atoms with Gasteiger partial charge in [-0.2, -0.15) is 5.10 Å². The van der Waals surface area contributed by atoms with Crippen LogP contribution in [-0.2, 0) is 7.05 Å². The lowest BCUT2D eigenvalue weighted by Crippen LogP contribution is -2.05. The molecule has 5 heteroatoms. The number of nitrogens with zero attached hydrogens (tertiary/aromatic N) is 2. The molecule has 0 aliphatic rings. The van der Waals surface area contributed by atoms with Crippen molar-refractivity contribution < 1.29 is 9.90 Å². The van der Waals surface area contributed by atoms with Gasteiger partial charge in [-0.15, -0.1) is 0 Å². The molecule has 94 valence electrons. The summed E-state index contributed by atoms with van der Waals surface area (Å²) in [4.78, 5) is 11.2. The first-order chi connectivity index (χ1) is 8.47. The third-order valence-electron chi connectivity index (χ3n) is 2.67. The first kappa shape index (κ1) is 12.2. The van der Waals surface area contributed by atoms with Crippen LogP contribution in [0.4, 0.5) is 11.5 Å². The highest BCUT2D eigenvalue weighted by Crippen LogP contribution is 2.22. The van der Waals surface area contributed by atoms with Gasteiger partial charge in [0.1, 0.15) is 5.82 Å². The highest BCUT2D eigenvalue weighted by molar-refractivity contribution is 5.95. The third-order valence-corrected chi connectivity index (χ3v) is 2.67. The number of aromatic carboxylic acids is 1. The minimum atomic E-state index is -0.944. The number of hydrogen-bond donors (Lipinski definition) is 2. The van der Waals surface area contributed by atoms with Crippen molar-refractivity contribution in [3.63, 3.8) is 0 Å². The number of aromatic nitrogens is 2. The predicted octanol–water partition coefficient (Wildman–Crippen LogP) is 2.48. The van der Waals surface area contributed by atoms with Crippen LogP contribution in [0.1, 0.15) is 21.6 Å². The van der Waals surface area contributed by atoms with E-state index in [2.05, 4.69) is 10.4 Å². The summed E-state index contributed by atoms with van der Waals surface area (Å²) in [6.07, 6.45) is 0. The Kier molecular flexibility index (Phi) is 3.06. The Balaban J connectivity index is 2.40. The second-order valence-corrected chi connectivity index (χ2v) is 4.27. The molecular formula is C13H15N3O2. The summed E-state index contributed by atoms with van der Waals surface area (Å²) in [6, 6.07) is 7.15. The number of hydrogen-bond acceptors (Lipinski definition) is 3. The molecule has 0 aliphatic carbocycles. The van der Waals surface area contributed by atoms with Crippen LogP contribution in [0.2, 0.25) is 0 Å². The van der Waals surface area contributed by atoms with E-state index in [0.717, 1.165) is 17.1 Å². The topological polar surface area (TPSA) is 67.2 Å². The van der Waals surface area contributed by atoms with Crippen molar-refractivity contribution in [1.82, 2.24) is 9.78 Å². The Morgan fingerprint density at radius 2 is 2.06 bits per heavy atom. The Bertz CT molecular complexity index is 602. The summed E-state index contributed by atoms with van der Waals surface area (Å²) in [5, 5.41) is 16.5. The smallest absolute Gasteiger partial charge is 0.337 e. The number of carboxylic acids is 1. The quantitative estimate of drug-likeness (QED) is 0.871. The van der Waals surface area contributed by atoms with Crippen LogP contribution in [-0.4, -0.2) is 20.9 Å². The maximum atomic E-state index is 11.2. The fraction of sp³-hybridized carbons (Fsp3) is 0.231. The lowest BCUT2D eigenvalue weighted by atomic mass is 10.1. The first-order valence-corrected chi connectivity index (χ1v) is 5.59. The van der Waals surface area contributed by atoms with E-state index in [1.54, 1.807) is 16.8 Å². The van der Waals surface area contributed by atoms with Crippen molar-refractivity contribution in [2.75, 3.05) is 5.32 Å². The number of aryl methyl sites for hydroxylation is 3. The van der Waals surface area contributed by atoms with Gasteiger partial charge in [0.15, 0.2) is 0 Å². The van der Waals surface area contributed by atoms with Gasteiger partial charge in [0.2, 0.25) is 0 Å². The first-order valence-electron chi connectivity index (χ1n) is 5.59. The standard InChI is InChI=1S/C13H15N3O2/c1-8-4-5-11(10(6-8)13(17)18)14-12-7-9(2)15-16(12)3/h4-7,14H,1-3H3,(H,17,18). The number of anilines is 2. The van der Waals surface area contributed by atoms with E-state index in [1.807, 2.05) is 33.0 Å². The number of benzene rings is 1. The monoisotopic (exact) mass is 245 g/mol. The molecule has 0 bridgehead atoms. The van der Waals surface area contributed by atoms with Crippen LogP contribution in [0.5, 0.6) is 0 Å². The minimum absolute atomic E-state index is 0.258. The van der Waals surface area contributed by atoms with Gasteiger partial charge in [-0.05, 0) is 26.0 Å². The fourth-order valence-corrected chi connectivity index (χ4v) is 1.81. The Morgan fingerprint density at radius 3 is 2.61 bits per heavy atom. The molecule has 1 heterocycles. The van der Waals surface area contributed by atoms with Crippen molar-refractivity contribution in [3.05, 3.63) is 41.1 Å². The summed E-state index contributed by atoms with van der Waals surface area (Å²) in [5.41, 5.74) is 2.62. The highest BCUT2D eigenvalue weighted by Gasteiger charge is 2.11. The highest BCUT2D eigenvalue weighted by atomic mass is 16.4. The second-order valence-electron chi connectivity index (χ2n) is 4.27. The Morgan fingerprint density at radius 1 is 1.33 bits per heavy atom. The van der Waals surface area contributed by atoms with Crippen LogP contribution in [0, 0.1) is 13.8 Å². The molecule has 0 atom stereocenters. The Labute approximate surface area is 105 Å². The van der Waals surface area contributed by atoms with Gasteiger partial charge in [-0.1, -0.05) is 11.6 Å². The van der Waals surface area contributed by atoms with Crippen LogP contribution in [0.3, 0.4) is 0 Å². The molecule has 2 aromatic rings. The van der Waals surface area contributed by atoms with Gasteiger partial charge in [-0.25, -0.2) is 4.79 Å². The molecule has 0 fully saturated rings. The zero-order valence-corrected chi connectivity index (χ0v) is 10.6. The summed E-state index contributed by atoms with van der Waals surface area (Å²) in [6.45, 7) is 3.75. The predicted molar refractivity (Wildman–Crippen MR) is 69.4 cm³/mol. The SMILES string of the molecule is Cc1ccc(Nc2cc(C)nn2C)c(C(=O)O)c1. The summed E-state index contributed by atoms with van der Waals surface area (Å²) < 4.78 is 1.68. The van der Waals surface area contributed by atoms with Crippen molar-refractivity contribution in [2.24, 2.45) is 7.05 Å². The van der Waals surface area contributed by atoms with Crippen LogP contribution in [0.15, 0.2) is 24.3 Å². The van der Waals surface area contributed by atoms with Crippen LogP contribution in [0.25, 0.3) is 0 Å². The van der Waals surface area contributed by atoms with E-state index < -0.39 is 5.97 Å². The maximum Gasteiger partial charge on any atom is 0.337 e. The summed E-state index contributed by atoms with van der Waals surface area (Å²) in [7, 11) is 1.81. The van der Waals surface area contributed by atoms with E-state index in [-0.39, 0.29) is 5.56 Å². The van der Waals surface area contributed by atoms with E-state index in [1.165, 1.54) is 0 Å². The van der Waals surface area contributed by atoms with E-state index >= 15 is 0 Å². The molecule has 0 saturated heterocycles. The zero-order chi connectivity index (χ0) is 13.3. The molecule has 0 radical (unpaired) electrons. The third kappa shape index (κ3) is 2.34. The van der Waals surface area contributed by atoms with Crippen molar-refractivity contribution in [1.29, 1.82) is 0 Å². The number of carbonyl (C=O) groups is 1. The Hall–Kier alpha value is -2.30. The maximum absolute atomic E-state index is 11.2. The van der Waals surface area contributed by atoms with Gasteiger partial charge in [-0.3, -0.25) is 4.68 Å². The van der Waals surface area contributed by atoms with Crippen molar-refractivity contribution in [3.8, 4) is 0 Å². The largest absolute Gasteiger partial charge is 0.478 e. The normalized spacial score (nSPS) is 10.4. The van der Waals surface area contributed by atoms with Crippen molar-refractivity contribution in [2.45, 2.75) is 13.8 Å². The lowest BCUT2D eigenvalue weighted by molar-refractivity contribution is 0.0698. The molecular weight excluding hydrogens is 230 g/mol. The molecule has 18 heavy (non-hydrogen) atoms. The van der Waals surface area contributed by atoms with E-state index in [9.17, 15) is 9.90 Å². The van der Waals surface area contributed by atoms with Gasteiger partial charge >= 0.3 is 5.97 Å². The minimum Gasteiger partial charge on any atom is -0.478 e. The molecule has 1 aromatic carbocycles. The van der Waals surface area contributed by atoms with Gasteiger partial charge in [0, 0.05) is 13.1 Å². The molecule has 0 saturated carbocycles. The molecule has 2 N–H and O–H groups in total. The molecule has 0 unspecified atom stereocenters. The van der Waals surface area contributed by atoms with Crippen molar-refractivity contribution >= 4 is 17.5 Å². The summed E-state index contributed by atoms with van der Waals surface area (Å²) in [5.74, 6) is -0.182. The zero-order valence-electron chi connectivity index (χ0n) is 10.6. The lowest BCUT2D eigenvalue weighted by Gasteiger charge is -2.10. The molecule has 0 spiro atoms. The fourth-order valence-electron chi connectivity index (χ4n) is 1.81. The van der Waals surface area contributed by atoms with E-state index in [4.69, 9.17) is 0 Å². The second kappa shape index (κ2) is 4.52. The molecule has 5 nitrogen and oxygen atoms in total. The van der Waals surface area contributed by atoms with Gasteiger partial charge in [0.05, 0.1) is 16.9 Å². The molecule has 1 aromatic heterocycles. The number of carboxylic acid groups (broad SMARTS) is 1. The number of nitrogens with one attached hydrogen (secondary N) is 1. The van der Waals surface area contributed by atoms with Crippen LogP contribution >= 0.6 is 0 Å². The average molecular weight is 245 g/mol. The van der Waals surface area contributed by atoms with Crippen LogP contribution < -0.4 is 5.32 Å². The average Bonchev–Trinajstić information content (AvgIpc) is 2.60. The molecule has 2 rings (SSSR count). The number of rotatable bonds is 3. The van der Waals surface area contributed by atoms with E-state index in [0.29, 0.717) is 5.69 Å². The summed E-state index contributed by atoms with van der Waals surface area (Å²) >= 11 is 0. The molecule has 0 aliphatic heterocycles. The molecule has 0 amide bonds. The van der Waals surface area contributed by atoms with Gasteiger partial charge in [0.25, 0.3) is 0 Å². The van der Waals surface area contributed by atoms with Gasteiger partial charge < -0.3 is 10.4 Å².